The van der Waals surface area contributed by atoms with Crippen LogP contribution in [0, 0.1) is 0 Å². The third-order valence-corrected chi connectivity index (χ3v) is 7.99. The first-order valence-electron chi connectivity index (χ1n) is 13.4. The lowest BCUT2D eigenvalue weighted by Crippen LogP contribution is -2.67. The molecule has 7 heteroatoms. The van der Waals surface area contributed by atoms with E-state index in [4.69, 9.17) is 9.47 Å². The van der Waals surface area contributed by atoms with Crippen LogP contribution in [-0.2, 0) is 21.7 Å². The van der Waals surface area contributed by atoms with E-state index in [1.807, 2.05) is 87.5 Å². The van der Waals surface area contributed by atoms with Gasteiger partial charge in [-0.25, -0.2) is 0 Å². The molecule has 1 fully saturated rings. The highest BCUT2D eigenvalue weighted by Gasteiger charge is 2.56. The number of H-pyrrole nitrogens is 1. The lowest BCUT2D eigenvalue weighted by Gasteiger charge is -2.51. The molecule has 7 nitrogen and oxygen atoms in total. The Bertz CT molecular complexity index is 1560. The van der Waals surface area contributed by atoms with Crippen LogP contribution in [0.4, 0.5) is 0 Å². The van der Waals surface area contributed by atoms with E-state index in [0.29, 0.717) is 24.6 Å². The van der Waals surface area contributed by atoms with Crippen LogP contribution in [-0.4, -0.2) is 52.9 Å². The first kappa shape index (κ1) is 25.0. The van der Waals surface area contributed by atoms with Gasteiger partial charge in [0.05, 0.1) is 18.9 Å². The number of benzene rings is 3. The number of hydrogen-bond acceptors (Lipinski definition) is 4. The van der Waals surface area contributed by atoms with Crippen molar-refractivity contribution in [2.24, 2.45) is 0 Å². The molecule has 0 spiro atoms. The van der Waals surface area contributed by atoms with Crippen LogP contribution in [0.3, 0.4) is 0 Å². The molecule has 0 saturated carbocycles. The van der Waals surface area contributed by atoms with Crippen LogP contribution in [0.15, 0.2) is 72.8 Å². The number of piperazine rings is 1. The fourth-order valence-corrected chi connectivity index (χ4v) is 6.16. The summed E-state index contributed by atoms with van der Waals surface area (Å²) >= 11 is 0. The van der Waals surface area contributed by atoms with Gasteiger partial charge in [0, 0.05) is 29.9 Å². The van der Waals surface area contributed by atoms with E-state index in [-0.39, 0.29) is 30.4 Å². The highest BCUT2D eigenvalue weighted by Crippen LogP contribution is 2.49. The average molecular weight is 524 g/mol. The van der Waals surface area contributed by atoms with Gasteiger partial charge in [-0.05, 0) is 55.7 Å². The number of aromatic amines is 1. The quantitative estimate of drug-likeness (QED) is 0.377. The number of carbonyl (C=O) groups excluding carboxylic acids is 2. The highest BCUT2D eigenvalue weighted by atomic mass is 16.5. The fraction of sp³-hybridized carbons (Fsp3) is 0.312. The van der Waals surface area contributed by atoms with E-state index in [0.717, 1.165) is 33.3 Å². The third kappa shape index (κ3) is 4.04. The summed E-state index contributed by atoms with van der Waals surface area (Å²) in [6.45, 7) is 6.68. The highest BCUT2D eigenvalue weighted by molar-refractivity contribution is 6.01. The molecule has 2 aliphatic rings. The zero-order chi connectivity index (χ0) is 27.3. The van der Waals surface area contributed by atoms with Gasteiger partial charge in [-0.3, -0.25) is 9.59 Å². The van der Waals surface area contributed by atoms with Crippen molar-refractivity contribution in [3.8, 4) is 11.5 Å². The van der Waals surface area contributed by atoms with E-state index in [9.17, 15) is 9.59 Å². The maximum atomic E-state index is 14.2. The Hall–Kier alpha value is -4.26. The normalized spacial score (nSPS) is 20.8. The van der Waals surface area contributed by atoms with Crippen molar-refractivity contribution in [2.45, 2.75) is 44.9 Å². The lowest BCUT2D eigenvalue weighted by atomic mass is 9.76. The minimum absolute atomic E-state index is 0.0103. The van der Waals surface area contributed by atoms with Crippen molar-refractivity contribution in [3.05, 3.63) is 95.2 Å². The van der Waals surface area contributed by atoms with Crippen molar-refractivity contribution in [1.82, 2.24) is 14.8 Å². The SMILES string of the molecule is COc1cc([C@@H]2CN3C(=O)CN(Cc4ccccc4)C(=O)[C@]3(C)c3[nH]c4ccccc4c32)ccc1OC(C)C. The van der Waals surface area contributed by atoms with Crippen LogP contribution in [0.2, 0.25) is 0 Å². The number of nitrogens with one attached hydrogen (secondary N) is 1. The van der Waals surface area contributed by atoms with Gasteiger partial charge < -0.3 is 24.3 Å². The van der Waals surface area contributed by atoms with Crippen LogP contribution < -0.4 is 9.47 Å². The predicted molar refractivity (Wildman–Crippen MR) is 150 cm³/mol. The molecule has 1 aromatic heterocycles. The van der Waals surface area contributed by atoms with Crippen molar-refractivity contribution in [1.29, 1.82) is 0 Å². The van der Waals surface area contributed by atoms with E-state index in [2.05, 4.69) is 11.1 Å². The zero-order valence-electron chi connectivity index (χ0n) is 22.7. The number of aromatic nitrogens is 1. The molecule has 0 bridgehead atoms. The van der Waals surface area contributed by atoms with E-state index < -0.39 is 5.54 Å². The number of para-hydroxylation sites is 1. The molecule has 0 unspecified atom stereocenters. The molecule has 4 aromatic rings. The monoisotopic (exact) mass is 523 g/mol. The number of amides is 2. The Morgan fingerprint density at radius 3 is 2.49 bits per heavy atom. The fourth-order valence-electron chi connectivity index (χ4n) is 6.16. The van der Waals surface area contributed by atoms with Crippen molar-refractivity contribution < 1.29 is 19.1 Å². The molecule has 3 heterocycles. The molecule has 0 aliphatic carbocycles. The van der Waals surface area contributed by atoms with Crippen molar-refractivity contribution >= 4 is 22.7 Å². The van der Waals surface area contributed by atoms with Crippen LogP contribution >= 0.6 is 0 Å². The Labute approximate surface area is 228 Å². The molecule has 39 heavy (non-hydrogen) atoms. The molecule has 2 aliphatic heterocycles. The lowest BCUT2D eigenvalue weighted by molar-refractivity contribution is -0.166. The molecule has 200 valence electrons. The maximum absolute atomic E-state index is 14.2. The molecule has 6 rings (SSSR count). The summed E-state index contributed by atoms with van der Waals surface area (Å²) in [6.07, 6.45) is 0.0103. The number of fused-ring (bicyclic) bond motifs is 5. The Balaban J connectivity index is 1.48. The summed E-state index contributed by atoms with van der Waals surface area (Å²) in [7, 11) is 1.63. The average Bonchev–Trinajstić information content (AvgIpc) is 3.33. The van der Waals surface area contributed by atoms with Crippen LogP contribution in [0.25, 0.3) is 10.9 Å². The second kappa shape index (κ2) is 9.49. The van der Waals surface area contributed by atoms with E-state index in [1.165, 1.54) is 0 Å². The number of ether oxygens (including phenoxy) is 2. The molecule has 1 N–H and O–H groups in total. The molecular formula is C32H33N3O4. The van der Waals surface area contributed by atoms with Gasteiger partial charge in [0.25, 0.3) is 5.91 Å². The number of nitrogens with zero attached hydrogens (tertiary/aromatic N) is 2. The summed E-state index contributed by atoms with van der Waals surface area (Å²) in [4.78, 5) is 35.0. The van der Waals surface area contributed by atoms with Gasteiger partial charge in [-0.1, -0.05) is 54.6 Å². The largest absolute Gasteiger partial charge is 0.493 e. The molecule has 2 atom stereocenters. The summed E-state index contributed by atoms with van der Waals surface area (Å²) in [5.41, 5.74) is 3.63. The smallest absolute Gasteiger partial charge is 0.255 e. The first-order chi connectivity index (χ1) is 18.8. The molecule has 1 saturated heterocycles. The van der Waals surface area contributed by atoms with Gasteiger partial charge in [-0.2, -0.15) is 0 Å². The van der Waals surface area contributed by atoms with E-state index >= 15 is 0 Å². The number of methoxy groups -OCH3 is 1. The van der Waals surface area contributed by atoms with Gasteiger partial charge >= 0.3 is 0 Å². The topological polar surface area (TPSA) is 74.9 Å². The van der Waals surface area contributed by atoms with Gasteiger partial charge in [0.1, 0.15) is 6.54 Å². The number of carbonyl (C=O) groups is 2. The van der Waals surface area contributed by atoms with Gasteiger partial charge in [-0.15, -0.1) is 0 Å². The molecule has 0 radical (unpaired) electrons. The van der Waals surface area contributed by atoms with Crippen molar-refractivity contribution in [2.75, 3.05) is 20.2 Å². The minimum Gasteiger partial charge on any atom is -0.493 e. The Kier molecular flexibility index (Phi) is 6.09. The van der Waals surface area contributed by atoms with Crippen LogP contribution in [0.1, 0.15) is 49.1 Å². The summed E-state index contributed by atoms with van der Waals surface area (Å²) in [6, 6.07) is 23.9. The second-order valence-corrected chi connectivity index (χ2v) is 10.8. The van der Waals surface area contributed by atoms with Crippen molar-refractivity contribution in [3.63, 3.8) is 0 Å². The molecule has 3 aromatic carbocycles. The Morgan fingerprint density at radius 1 is 1.00 bits per heavy atom. The minimum atomic E-state index is -1.14. The molecule has 2 amide bonds. The summed E-state index contributed by atoms with van der Waals surface area (Å²) in [5, 5.41) is 1.06. The van der Waals surface area contributed by atoms with Crippen LogP contribution in [0.5, 0.6) is 11.5 Å². The third-order valence-electron chi connectivity index (χ3n) is 7.99. The molecular weight excluding hydrogens is 490 g/mol. The van der Waals surface area contributed by atoms with Gasteiger partial charge in [0.15, 0.2) is 17.0 Å². The maximum Gasteiger partial charge on any atom is 0.255 e. The standard InChI is InChI=1S/C32H33N3O4/c1-20(2)39-26-15-14-22(16-27(26)38-4)24-18-35-28(36)19-34(17-21-10-6-5-7-11-21)31(37)32(35,3)30-29(24)23-12-8-9-13-25(23)33-30/h5-16,20,24,33H,17-19H2,1-4H3/t24-,32-/m0/s1. The van der Waals surface area contributed by atoms with E-state index in [1.54, 1.807) is 16.9 Å². The van der Waals surface area contributed by atoms with Gasteiger partial charge in [0.2, 0.25) is 5.91 Å². The number of hydrogen-bond donors (Lipinski definition) is 1. The zero-order valence-corrected chi connectivity index (χ0v) is 22.7. The Morgan fingerprint density at radius 2 is 1.74 bits per heavy atom. The predicted octanol–water partition coefficient (Wildman–Crippen LogP) is 5.20. The first-order valence-corrected chi connectivity index (χ1v) is 13.4. The number of rotatable bonds is 6. The second-order valence-electron chi connectivity index (χ2n) is 10.8. The summed E-state index contributed by atoms with van der Waals surface area (Å²) in [5.74, 6) is 1.04. The summed E-state index contributed by atoms with van der Waals surface area (Å²) < 4.78 is 11.6.